The molecule has 9 nitrogen and oxygen atoms in total. The highest BCUT2D eigenvalue weighted by molar-refractivity contribution is 6.03. The van der Waals surface area contributed by atoms with Crippen LogP contribution >= 0.6 is 0 Å². The number of pyridine rings is 1. The summed E-state index contributed by atoms with van der Waals surface area (Å²) in [5.74, 6) is -1.09. The molecule has 1 atom stereocenters. The summed E-state index contributed by atoms with van der Waals surface area (Å²) in [5.41, 5.74) is 1.09. The van der Waals surface area contributed by atoms with Gasteiger partial charge in [0.05, 0.1) is 22.9 Å². The number of benzene rings is 3. The molecular formula is C30H28N4O5. The monoisotopic (exact) mass is 524 g/mol. The maximum atomic E-state index is 13.6. The highest BCUT2D eigenvalue weighted by Gasteiger charge is 2.28. The number of hydrogen-bond acceptors (Lipinski definition) is 6. The Labute approximate surface area is 223 Å². The molecule has 2 heterocycles. The van der Waals surface area contributed by atoms with Gasteiger partial charge >= 0.3 is 0 Å². The van der Waals surface area contributed by atoms with Crippen LogP contribution in [0.2, 0.25) is 0 Å². The second kappa shape index (κ2) is 10.0. The third-order valence-electron chi connectivity index (χ3n) is 7.13. The quantitative estimate of drug-likeness (QED) is 0.275. The maximum absolute atomic E-state index is 13.6. The Morgan fingerprint density at radius 2 is 1.51 bits per heavy atom. The van der Waals surface area contributed by atoms with E-state index < -0.39 is 23.1 Å². The minimum Gasteiger partial charge on any atom is -0.508 e. The molecule has 5 aromatic rings. The molecule has 198 valence electrons. The van der Waals surface area contributed by atoms with Crippen LogP contribution in [0.15, 0.2) is 88.5 Å². The fourth-order valence-corrected chi connectivity index (χ4v) is 4.95. The number of ketones is 1. The third-order valence-corrected chi connectivity index (χ3v) is 7.13. The lowest BCUT2D eigenvalue weighted by Crippen LogP contribution is -2.27. The largest absolute Gasteiger partial charge is 0.508 e. The molecule has 2 aromatic heterocycles. The minimum atomic E-state index is -0.882. The molecule has 0 aliphatic rings. The molecule has 0 aliphatic heterocycles. The van der Waals surface area contributed by atoms with E-state index in [1.807, 2.05) is 30.3 Å². The summed E-state index contributed by atoms with van der Waals surface area (Å²) in [6.07, 6.45) is -0.308. The molecule has 0 spiro atoms. The zero-order valence-corrected chi connectivity index (χ0v) is 21.8. The van der Waals surface area contributed by atoms with Crippen LogP contribution in [0.5, 0.6) is 11.5 Å². The predicted octanol–water partition coefficient (Wildman–Crippen LogP) is 4.17. The Morgan fingerprint density at radius 1 is 0.872 bits per heavy atom. The Morgan fingerprint density at radius 3 is 2.23 bits per heavy atom. The number of phenols is 1. The number of aromatic hydroxyl groups is 2. The molecule has 0 fully saturated rings. The van der Waals surface area contributed by atoms with Crippen molar-refractivity contribution >= 4 is 22.4 Å². The van der Waals surface area contributed by atoms with Crippen LogP contribution in [0.4, 0.5) is 5.69 Å². The molecule has 0 saturated heterocycles. The van der Waals surface area contributed by atoms with Crippen molar-refractivity contribution in [3.05, 3.63) is 116 Å². The number of nitrogens with zero attached hydrogens (tertiary/aromatic N) is 3. The molecule has 0 saturated carbocycles. The second-order valence-corrected chi connectivity index (χ2v) is 9.42. The lowest BCUT2D eigenvalue weighted by molar-refractivity contribution is 0.0972. The highest BCUT2D eigenvalue weighted by Crippen LogP contribution is 2.33. The topological polar surface area (TPSA) is 118 Å². The lowest BCUT2D eigenvalue weighted by atomic mass is 9.96. The molecule has 0 bridgehead atoms. The Kier molecular flexibility index (Phi) is 6.57. The molecule has 0 radical (unpaired) electrons. The molecule has 0 aliphatic carbocycles. The van der Waals surface area contributed by atoms with Crippen LogP contribution < -0.4 is 16.4 Å². The van der Waals surface area contributed by atoms with Gasteiger partial charge in [0, 0.05) is 31.5 Å². The average Bonchev–Trinajstić information content (AvgIpc) is 3.15. The van der Waals surface area contributed by atoms with Gasteiger partial charge in [0.1, 0.15) is 22.7 Å². The van der Waals surface area contributed by atoms with Gasteiger partial charge in [-0.3, -0.25) is 19.1 Å². The number of fused-ring (bicyclic) bond motifs is 1. The van der Waals surface area contributed by atoms with Crippen molar-refractivity contribution in [3.8, 4) is 17.2 Å². The van der Waals surface area contributed by atoms with Crippen molar-refractivity contribution in [3.63, 3.8) is 0 Å². The molecule has 39 heavy (non-hydrogen) atoms. The van der Waals surface area contributed by atoms with Crippen LogP contribution in [0.25, 0.3) is 16.6 Å². The van der Waals surface area contributed by atoms with E-state index in [9.17, 15) is 24.6 Å². The first-order chi connectivity index (χ1) is 18.7. The SMILES string of the molecule is Cc1c(N[C@@H](CC(=O)c2c(O)c3ccccc3n(C)c2=O)c2ccccc2O)c(=O)n(-c2ccccc2)n1C. The van der Waals surface area contributed by atoms with Crippen LogP contribution in [0, 0.1) is 6.92 Å². The van der Waals surface area contributed by atoms with Crippen molar-refractivity contribution < 1.29 is 15.0 Å². The van der Waals surface area contributed by atoms with Gasteiger partial charge in [0.15, 0.2) is 5.78 Å². The minimum absolute atomic E-state index is 0.0737. The zero-order valence-electron chi connectivity index (χ0n) is 21.8. The number of anilines is 1. The predicted molar refractivity (Wildman–Crippen MR) is 150 cm³/mol. The zero-order chi connectivity index (χ0) is 27.8. The molecule has 9 heteroatoms. The smallest absolute Gasteiger partial charge is 0.295 e. The van der Waals surface area contributed by atoms with Crippen molar-refractivity contribution in [1.29, 1.82) is 0 Å². The Balaban J connectivity index is 1.60. The summed E-state index contributed by atoms with van der Waals surface area (Å²) in [5, 5.41) is 25.1. The fraction of sp³-hybridized carbons (Fsp3) is 0.167. The van der Waals surface area contributed by atoms with E-state index in [-0.39, 0.29) is 29.0 Å². The van der Waals surface area contributed by atoms with Gasteiger partial charge < -0.3 is 20.1 Å². The van der Waals surface area contributed by atoms with Crippen molar-refractivity contribution in [1.82, 2.24) is 13.9 Å². The number of carbonyl (C=O) groups excluding carboxylic acids is 1. The number of para-hydroxylation sites is 3. The molecule has 0 unspecified atom stereocenters. The maximum Gasteiger partial charge on any atom is 0.295 e. The van der Waals surface area contributed by atoms with E-state index in [1.165, 1.54) is 15.3 Å². The standard InChI is InChI=1S/C30H28N4O5/c1-18-27(30(39)34(33(18)3)19-11-5-4-6-12-19)31-22(20-13-8-10-16-24(20)35)17-25(36)26-28(37)21-14-7-9-15-23(21)32(2)29(26)38/h4-16,22,31,35,37H,17H2,1-3H3/t22-/m0/s1. The third kappa shape index (κ3) is 4.37. The number of nitrogens with one attached hydrogen (secondary N) is 1. The number of Topliss-reactive ketones (excluding diaryl/α,β-unsaturated/α-hetero) is 1. The Bertz CT molecular complexity index is 1830. The van der Waals surface area contributed by atoms with E-state index in [4.69, 9.17) is 0 Å². The van der Waals surface area contributed by atoms with Crippen LogP contribution in [0.3, 0.4) is 0 Å². The number of aryl methyl sites for hydroxylation is 1. The molecule has 5 rings (SSSR count). The summed E-state index contributed by atoms with van der Waals surface area (Å²) in [6, 6.07) is 21.5. The Hall–Kier alpha value is -5.05. The van der Waals surface area contributed by atoms with Gasteiger partial charge in [-0.2, -0.15) is 0 Å². The summed E-state index contributed by atoms with van der Waals surface area (Å²) >= 11 is 0. The lowest BCUT2D eigenvalue weighted by Gasteiger charge is -2.21. The van der Waals surface area contributed by atoms with Crippen molar-refractivity contribution in [2.24, 2.45) is 14.1 Å². The molecule has 0 amide bonds. The average molecular weight is 525 g/mol. The number of rotatable bonds is 7. The highest BCUT2D eigenvalue weighted by atomic mass is 16.3. The van der Waals surface area contributed by atoms with Gasteiger partial charge in [-0.1, -0.05) is 48.5 Å². The fourth-order valence-electron chi connectivity index (χ4n) is 4.95. The second-order valence-electron chi connectivity index (χ2n) is 9.42. The number of phenolic OH excluding ortho intramolecular Hbond substituents is 1. The van der Waals surface area contributed by atoms with E-state index in [0.717, 1.165) is 0 Å². The molecule has 3 aromatic carbocycles. The van der Waals surface area contributed by atoms with Gasteiger partial charge in [0.2, 0.25) is 0 Å². The first kappa shape index (κ1) is 25.6. The summed E-state index contributed by atoms with van der Waals surface area (Å²) in [6.45, 7) is 1.78. The van der Waals surface area contributed by atoms with Gasteiger partial charge in [0.25, 0.3) is 11.1 Å². The van der Waals surface area contributed by atoms with Crippen molar-refractivity contribution in [2.45, 2.75) is 19.4 Å². The summed E-state index contributed by atoms with van der Waals surface area (Å²) in [4.78, 5) is 40.4. The van der Waals surface area contributed by atoms with E-state index in [1.54, 1.807) is 68.2 Å². The van der Waals surface area contributed by atoms with Crippen LogP contribution in [-0.4, -0.2) is 29.9 Å². The van der Waals surface area contributed by atoms with Gasteiger partial charge in [-0.25, -0.2) is 4.68 Å². The van der Waals surface area contributed by atoms with Gasteiger partial charge in [-0.15, -0.1) is 0 Å². The first-order valence-corrected chi connectivity index (χ1v) is 12.4. The van der Waals surface area contributed by atoms with Crippen LogP contribution in [0.1, 0.15) is 34.1 Å². The summed E-state index contributed by atoms with van der Waals surface area (Å²) in [7, 11) is 3.30. The van der Waals surface area contributed by atoms with E-state index in [0.29, 0.717) is 27.8 Å². The number of carbonyl (C=O) groups is 1. The molecule has 3 N–H and O–H groups in total. The summed E-state index contributed by atoms with van der Waals surface area (Å²) < 4.78 is 4.53. The first-order valence-electron chi connectivity index (χ1n) is 12.4. The van der Waals surface area contributed by atoms with E-state index in [2.05, 4.69) is 5.32 Å². The number of aromatic nitrogens is 3. The van der Waals surface area contributed by atoms with E-state index >= 15 is 0 Å². The van der Waals surface area contributed by atoms with Gasteiger partial charge in [-0.05, 0) is 37.3 Å². The van der Waals surface area contributed by atoms with Crippen molar-refractivity contribution in [2.75, 3.05) is 5.32 Å². The number of hydrogen-bond donors (Lipinski definition) is 3. The normalized spacial score (nSPS) is 12.0. The van der Waals surface area contributed by atoms with Crippen LogP contribution in [-0.2, 0) is 14.1 Å². The molecular weight excluding hydrogens is 496 g/mol.